The van der Waals surface area contributed by atoms with Gasteiger partial charge in [-0.1, -0.05) is 79.5 Å². The number of hydrogen-bond acceptors (Lipinski definition) is 3. The van der Waals surface area contributed by atoms with Crippen molar-refractivity contribution >= 4 is 17.4 Å². The number of carbonyl (C=O) groups is 2. The first-order chi connectivity index (χ1) is 19.7. The summed E-state index contributed by atoms with van der Waals surface area (Å²) in [5.74, 6) is 1.75. The first kappa shape index (κ1) is 31.5. The summed E-state index contributed by atoms with van der Waals surface area (Å²) < 4.78 is 0. The number of ketones is 1. The summed E-state index contributed by atoms with van der Waals surface area (Å²) in [6.45, 7) is 18.2. The van der Waals surface area contributed by atoms with Gasteiger partial charge in [-0.3, -0.25) is 9.59 Å². The van der Waals surface area contributed by atoms with Crippen molar-refractivity contribution in [3.05, 3.63) is 41.0 Å². The maximum absolute atomic E-state index is 14.3. The van der Waals surface area contributed by atoms with Crippen molar-refractivity contribution in [1.29, 1.82) is 0 Å². The number of hydrogen-bond donors (Lipinski definition) is 2. The number of amides is 1. The number of Topliss-reactive ketones (excluding diaryl/α,β-unsaturated/α-hetero) is 1. The molecule has 4 aliphatic rings. The van der Waals surface area contributed by atoms with Crippen molar-refractivity contribution in [3.8, 4) is 0 Å². The molecule has 0 heterocycles. The monoisotopic (exact) mass is 575 g/mol. The topological polar surface area (TPSA) is 66.4 Å². The summed E-state index contributed by atoms with van der Waals surface area (Å²) >= 11 is 0. The number of nitrogens with one attached hydrogen (secondary N) is 1. The van der Waals surface area contributed by atoms with E-state index in [0.717, 1.165) is 68.2 Å². The van der Waals surface area contributed by atoms with Crippen molar-refractivity contribution in [1.82, 2.24) is 0 Å². The molecule has 4 nitrogen and oxygen atoms in total. The van der Waals surface area contributed by atoms with Crippen LogP contribution in [0.15, 0.2) is 35.4 Å². The highest BCUT2D eigenvalue weighted by Crippen LogP contribution is 2.72. The number of rotatable bonds is 8. The van der Waals surface area contributed by atoms with Gasteiger partial charge in [0, 0.05) is 12.1 Å². The first-order valence-electron chi connectivity index (χ1n) is 17.1. The number of unbranched alkanes of at least 4 members (excludes halogenated alkanes) is 1. The highest BCUT2D eigenvalue weighted by atomic mass is 16.3. The molecule has 3 unspecified atom stereocenters. The first-order valence-corrected chi connectivity index (χ1v) is 17.1. The third kappa shape index (κ3) is 4.74. The lowest BCUT2D eigenvalue weighted by Gasteiger charge is -2.66. The number of fused-ring (bicyclic) bond motifs is 5. The lowest BCUT2D eigenvalue weighted by molar-refractivity contribution is -0.155. The second-order valence-corrected chi connectivity index (χ2v) is 16.0. The summed E-state index contributed by atoms with van der Waals surface area (Å²) in [6.07, 6.45) is 10.6. The van der Waals surface area contributed by atoms with E-state index < -0.39 is 5.41 Å². The molecular weight excluding hydrogens is 518 g/mol. The minimum absolute atomic E-state index is 0.0247. The van der Waals surface area contributed by atoms with Gasteiger partial charge in [0.25, 0.3) is 0 Å². The average Bonchev–Trinajstić information content (AvgIpc) is 3.26. The van der Waals surface area contributed by atoms with E-state index in [9.17, 15) is 14.7 Å². The fourth-order valence-corrected chi connectivity index (χ4v) is 10.3. The molecule has 2 N–H and O–H groups in total. The summed E-state index contributed by atoms with van der Waals surface area (Å²) in [5, 5.41) is 14.5. The molecule has 0 bridgehead atoms. The van der Waals surface area contributed by atoms with Gasteiger partial charge in [0.1, 0.15) is 0 Å². The molecule has 0 saturated heterocycles. The van der Waals surface area contributed by atoms with Crippen LogP contribution in [0.1, 0.15) is 125 Å². The second kappa shape index (κ2) is 11.2. The van der Waals surface area contributed by atoms with E-state index in [4.69, 9.17) is 0 Å². The van der Waals surface area contributed by atoms with Crippen LogP contribution in [0.2, 0.25) is 0 Å². The summed E-state index contributed by atoms with van der Waals surface area (Å²) in [5.41, 5.74) is 3.49. The Labute approximate surface area is 255 Å². The Kier molecular flexibility index (Phi) is 8.40. The second-order valence-electron chi connectivity index (χ2n) is 16.0. The molecule has 7 atom stereocenters. The Hall–Kier alpha value is -1.94. The molecule has 0 radical (unpaired) electrons. The van der Waals surface area contributed by atoms with Crippen molar-refractivity contribution in [2.24, 2.45) is 45.3 Å². The molecule has 3 saturated carbocycles. The van der Waals surface area contributed by atoms with Crippen molar-refractivity contribution in [2.45, 2.75) is 132 Å². The predicted octanol–water partition coefficient (Wildman–Crippen LogP) is 9.06. The van der Waals surface area contributed by atoms with Crippen LogP contribution >= 0.6 is 0 Å². The van der Waals surface area contributed by atoms with Gasteiger partial charge in [0.2, 0.25) is 5.91 Å². The molecule has 232 valence electrons. The normalized spacial score (nSPS) is 35.5. The Morgan fingerprint density at radius 3 is 2.45 bits per heavy atom. The molecule has 1 amide bonds. The molecule has 0 spiro atoms. The van der Waals surface area contributed by atoms with Gasteiger partial charge in [-0.05, 0) is 121 Å². The molecule has 3 fully saturated rings. The lowest BCUT2D eigenvalue weighted by Crippen LogP contribution is -2.59. The van der Waals surface area contributed by atoms with E-state index in [1.165, 1.54) is 18.4 Å². The fraction of sp³-hybridized carbons (Fsp3) is 0.737. The summed E-state index contributed by atoms with van der Waals surface area (Å²) in [4.78, 5) is 28.1. The maximum Gasteiger partial charge on any atom is 0.235 e. The molecule has 1 aromatic carbocycles. The summed E-state index contributed by atoms with van der Waals surface area (Å²) in [7, 11) is 0. The van der Waals surface area contributed by atoms with Gasteiger partial charge >= 0.3 is 0 Å². The quantitative estimate of drug-likeness (QED) is 0.325. The summed E-state index contributed by atoms with van der Waals surface area (Å²) in [6, 6.07) is 7.98. The molecule has 0 aliphatic heterocycles. The Morgan fingerprint density at radius 1 is 1.07 bits per heavy atom. The average molecular weight is 576 g/mol. The van der Waals surface area contributed by atoms with Crippen molar-refractivity contribution in [3.63, 3.8) is 0 Å². The van der Waals surface area contributed by atoms with Crippen molar-refractivity contribution in [2.75, 3.05) is 5.32 Å². The van der Waals surface area contributed by atoms with Crippen LogP contribution < -0.4 is 5.32 Å². The van der Waals surface area contributed by atoms with Crippen LogP contribution in [0.25, 0.3) is 0 Å². The maximum atomic E-state index is 14.3. The van der Waals surface area contributed by atoms with E-state index in [1.807, 2.05) is 31.2 Å². The van der Waals surface area contributed by atoms with Crippen LogP contribution in [0, 0.1) is 52.3 Å². The van der Waals surface area contributed by atoms with E-state index in [2.05, 4.69) is 53.8 Å². The van der Waals surface area contributed by atoms with E-state index in [1.54, 1.807) is 0 Å². The third-order valence-electron chi connectivity index (χ3n) is 13.5. The molecule has 4 aliphatic carbocycles. The minimum Gasteiger partial charge on any atom is -0.393 e. The van der Waals surface area contributed by atoms with Gasteiger partial charge in [-0.2, -0.15) is 0 Å². The number of allylic oxidation sites excluding steroid dienone is 1. The van der Waals surface area contributed by atoms with E-state index >= 15 is 0 Å². The number of anilines is 1. The van der Waals surface area contributed by atoms with Crippen LogP contribution in [-0.2, 0) is 9.59 Å². The zero-order valence-corrected chi connectivity index (χ0v) is 27.7. The Bertz CT molecular complexity index is 1240. The number of para-hydroxylation sites is 1. The minimum atomic E-state index is -0.727. The molecule has 0 aromatic heterocycles. The van der Waals surface area contributed by atoms with Crippen LogP contribution in [-0.4, -0.2) is 22.9 Å². The third-order valence-corrected chi connectivity index (χ3v) is 13.5. The fourth-order valence-electron chi connectivity index (χ4n) is 10.3. The van der Waals surface area contributed by atoms with Gasteiger partial charge < -0.3 is 10.4 Å². The number of aliphatic hydroxyl groups is 1. The molecular formula is C38H57NO3. The van der Waals surface area contributed by atoms with E-state index in [-0.39, 0.29) is 45.9 Å². The Morgan fingerprint density at radius 2 is 1.79 bits per heavy atom. The van der Waals surface area contributed by atoms with Gasteiger partial charge in [0.15, 0.2) is 5.78 Å². The predicted molar refractivity (Wildman–Crippen MR) is 172 cm³/mol. The van der Waals surface area contributed by atoms with Crippen LogP contribution in [0.4, 0.5) is 5.69 Å². The molecule has 4 heteroatoms. The molecule has 5 rings (SSSR count). The largest absolute Gasteiger partial charge is 0.393 e. The highest BCUT2D eigenvalue weighted by molar-refractivity contribution is 6.10. The number of benzene rings is 1. The van der Waals surface area contributed by atoms with E-state index in [0.29, 0.717) is 18.3 Å². The molecule has 42 heavy (non-hydrogen) atoms. The standard InChI is InChI=1S/C38H57NO3/c1-9-10-15-31(41)35(5,6)26-18-19-36(7)27(22-26)16-17-28-33-32(24(2)3)30(40)23-38(33,21-20-37(28,36)8)34(42)39-29-14-12-11-13-25(29)4/h11-14,24,26-28,31,41H,9-10,15-23H2,1-8H3,(H,39,42)/t26?,27?,28?,31-,36+,37+,38+/m0/s1. The smallest absolute Gasteiger partial charge is 0.235 e. The van der Waals surface area contributed by atoms with Gasteiger partial charge in [-0.25, -0.2) is 0 Å². The number of aliphatic hydroxyl groups excluding tert-OH is 1. The van der Waals surface area contributed by atoms with Gasteiger partial charge in [-0.15, -0.1) is 0 Å². The molecule has 1 aromatic rings. The highest BCUT2D eigenvalue weighted by Gasteiger charge is 2.66. The van der Waals surface area contributed by atoms with Gasteiger partial charge in [0.05, 0.1) is 11.5 Å². The SMILES string of the molecule is CCCC[C@H](O)C(C)(C)C1CC[C@]2(C)C(CCC3C4=C(C(C)C)C(=O)C[C@]4(C(=O)Nc4ccccc4C)CC[C@]32C)C1. The number of carbonyl (C=O) groups excluding carboxylic acids is 2. The Balaban J connectivity index is 1.48. The number of aryl methyl sites for hydroxylation is 1. The lowest BCUT2D eigenvalue weighted by atomic mass is 9.38. The van der Waals surface area contributed by atoms with Crippen LogP contribution in [0.5, 0.6) is 0 Å². The zero-order valence-electron chi connectivity index (χ0n) is 27.7. The van der Waals surface area contributed by atoms with Crippen molar-refractivity contribution < 1.29 is 14.7 Å². The zero-order chi connectivity index (χ0) is 30.7. The van der Waals surface area contributed by atoms with Crippen LogP contribution in [0.3, 0.4) is 0 Å².